The molecule has 26 heavy (non-hydrogen) atoms. The van der Waals surface area contributed by atoms with Crippen LogP contribution in [0.15, 0.2) is 24.3 Å². The highest BCUT2D eigenvalue weighted by molar-refractivity contribution is 5.79. The molecule has 2 aliphatic rings. The summed E-state index contributed by atoms with van der Waals surface area (Å²) in [6.07, 6.45) is 4.11. The first-order valence-corrected chi connectivity index (χ1v) is 9.33. The third kappa shape index (κ3) is 4.75. The van der Waals surface area contributed by atoms with Crippen molar-refractivity contribution in [1.29, 1.82) is 5.26 Å². The molecule has 0 radical (unpaired) electrons. The number of aromatic hydroxyl groups is 1. The number of benzene rings is 1. The Labute approximate surface area is 154 Å². The second kappa shape index (κ2) is 8.07. The van der Waals surface area contributed by atoms with E-state index in [4.69, 9.17) is 4.74 Å². The number of nitriles is 1. The van der Waals surface area contributed by atoms with Crippen molar-refractivity contribution < 1.29 is 14.6 Å². The van der Waals surface area contributed by atoms with E-state index in [1.807, 2.05) is 17.0 Å². The van der Waals surface area contributed by atoms with Gasteiger partial charge in [-0.15, -0.1) is 0 Å². The summed E-state index contributed by atoms with van der Waals surface area (Å²) >= 11 is 0. The Balaban J connectivity index is 1.65. The van der Waals surface area contributed by atoms with E-state index in [2.05, 4.69) is 11.4 Å². The fourth-order valence-corrected chi connectivity index (χ4v) is 3.56. The van der Waals surface area contributed by atoms with Crippen LogP contribution in [0.2, 0.25) is 0 Å². The summed E-state index contributed by atoms with van der Waals surface area (Å²) in [5, 5.41) is 22.4. The van der Waals surface area contributed by atoms with Crippen LogP contribution in [0, 0.1) is 17.2 Å². The van der Waals surface area contributed by atoms with Crippen molar-refractivity contribution in [3.05, 3.63) is 29.8 Å². The Morgan fingerprint density at radius 3 is 2.81 bits per heavy atom. The van der Waals surface area contributed by atoms with E-state index in [0.717, 1.165) is 37.9 Å². The highest BCUT2D eigenvalue weighted by Gasteiger charge is 2.43. The number of para-hydroxylation sites is 1. The van der Waals surface area contributed by atoms with E-state index in [1.165, 1.54) is 0 Å². The lowest BCUT2D eigenvalue weighted by Crippen LogP contribution is -2.50. The van der Waals surface area contributed by atoms with Gasteiger partial charge in [-0.3, -0.25) is 9.69 Å². The molecule has 3 rings (SSSR count). The molecule has 0 unspecified atom stereocenters. The molecule has 1 aliphatic carbocycles. The van der Waals surface area contributed by atoms with Gasteiger partial charge in [0.05, 0.1) is 18.7 Å². The number of amides is 1. The molecule has 2 N–H and O–H groups in total. The van der Waals surface area contributed by atoms with Gasteiger partial charge in [0.25, 0.3) is 0 Å². The summed E-state index contributed by atoms with van der Waals surface area (Å²) in [6, 6.07) is 9.43. The number of nitrogens with zero attached hydrogens (tertiary/aromatic N) is 2. The largest absolute Gasteiger partial charge is 0.508 e. The molecule has 0 spiro atoms. The molecule has 140 valence electrons. The summed E-state index contributed by atoms with van der Waals surface area (Å²) in [5.41, 5.74) is -0.00913. The number of phenolic OH excluding ortho intramolecular Hbond substituents is 1. The van der Waals surface area contributed by atoms with Crippen molar-refractivity contribution in [2.45, 2.75) is 50.8 Å². The van der Waals surface area contributed by atoms with E-state index in [0.29, 0.717) is 13.1 Å². The highest BCUT2D eigenvalue weighted by atomic mass is 16.5. The Bertz CT molecular complexity index is 677. The van der Waals surface area contributed by atoms with Gasteiger partial charge in [0, 0.05) is 25.3 Å². The second-order valence-corrected chi connectivity index (χ2v) is 7.57. The van der Waals surface area contributed by atoms with Crippen LogP contribution >= 0.6 is 0 Å². The Hall–Kier alpha value is -2.10. The molecule has 6 heteroatoms. The van der Waals surface area contributed by atoms with Crippen LogP contribution in [-0.4, -0.2) is 47.3 Å². The first kappa shape index (κ1) is 18.7. The average Bonchev–Trinajstić information content (AvgIpc) is 3.36. The van der Waals surface area contributed by atoms with Crippen molar-refractivity contribution in [3.63, 3.8) is 0 Å². The van der Waals surface area contributed by atoms with Crippen molar-refractivity contribution in [2.24, 2.45) is 5.92 Å². The van der Waals surface area contributed by atoms with Crippen LogP contribution in [0.5, 0.6) is 5.75 Å². The minimum Gasteiger partial charge on any atom is -0.508 e. The van der Waals surface area contributed by atoms with Gasteiger partial charge in [0.2, 0.25) is 5.91 Å². The van der Waals surface area contributed by atoms with Crippen LogP contribution < -0.4 is 5.32 Å². The summed E-state index contributed by atoms with van der Waals surface area (Å²) in [4.78, 5) is 14.6. The number of ether oxygens (including phenoxy) is 1. The predicted octanol–water partition coefficient (Wildman–Crippen LogP) is 2.18. The molecule has 1 aromatic carbocycles. The van der Waals surface area contributed by atoms with E-state index in [9.17, 15) is 15.2 Å². The quantitative estimate of drug-likeness (QED) is 0.745. The lowest BCUT2D eigenvalue weighted by molar-refractivity contribution is -0.124. The molecule has 6 nitrogen and oxygen atoms in total. The van der Waals surface area contributed by atoms with E-state index in [-0.39, 0.29) is 30.2 Å². The molecule has 1 amide bonds. The SMILES string of the molecule is C[C@@](C#N)(NC(=O)CN(Cc1ccccc1O)C[C@@H]1CCCO1)C1CC1. The summed E-state index contributed by atoms with van der Waals surface area (Å²) in [5.74, 6) is 0.320. The molecule has 1 saturated heterocycles. The van der Waals surface area contributed by atoms with Gasteiger partial charge < -0.3 is 15.2 Å². The molecule has 0 bridgehead atoms. The molecular formula is C20H27N3O3. The van der Waals surface area contributed by atoms with Crippen LogP contribution in [0.1, 0.15) is 38.2 Å². The Morgan fingerprint density at radius 2 is 2.19 bits per heavy atom. The van der Waals surface area contributed by atoms with Gasteiger partial charge in [0.15, 0.2) is 0 Å². The zero-order valence-corrected chi connectivity index (χ0v) is 15.3. The maximum absolute atomic E-state index is 12.6. The fraction of sp³-hybridized carbons (Fsp3) is 0.600. The Morgan fingerprint density at radius 1 is 1.42 bits per heavy atom. The van der Waals surface area contributed by atoms with Gasteiger partial charge in [-0.25, -0.2) is 0 Å². The standard InChI is InChI=1S/C20H27N3O3/c1-20(14-21,16-8-9-16)22-19(25)13-23(12-17-6-4-10-26-17)11-15-5-2-3-7-18(15)24/h2-3,5,7,16-17,24H,4,6,8-13H2,1H3,(H,22,25)/t17-,20-/m0/s1. The van der Waals surface area contributed by atoms with Crippen LogP contribution in [0.3, 0.4) is 0 Å². The number of phenols is 1. The molecule has 2 atom stereocenters. The maximum atomic E-state index is 12.6. The Kier molecular flexibility index (Phi) is 5.80. The minimum absolute atomic E-state index is 0.111. The summed E-state index contributed by atoms with van der Waals surface area (Å²) in [6.45, 7) is 3.84. The zero-order valence-electron chi connectivity index (χ0n) is 15.3. The normalized spacial score (nSPS) is 22.0. The van der Waals surface area contributed by atoms with Crippen molar-refractivity contribution in [3.8, 4) is 11.8 Å². The van der Waals surface area contributed by atoms with E-state index in [1.54, 1.807) is 19.1 Å². The van der Waals surface area contributed by atoms with Gasteiger partial charge in [0.1, 0.15) is 11.3 Å². The number of carbonyl (C=O) groups is 1. The molecule has 0 aromatic heterocycles. The molecular weight excluding hydrogens is 330 g/mol. The highest BCUT2D eigenvalue weighted by Crippen LogP contribution is 2.39. The van der Waals surface area contributed by atoms with E-state index < -0.39 is 5.54 Å². The monoisotopic (exact) mass is 357 g/mol. The molecule has 1 aliphatic heterocycles. The third-order valence-electron chi connectivity index (χ3n) is 5.26. The first-order valence-electron chi connectivity index (χ1n) is 9.33. The number of hydrogen-bond acceptors (Lipinski definition) is 5. The van der Waals surface area contributed by atoms with Gasteiger partial charge in [-0.1, -0.05) is 18.2 Å². The fourth-order valence-electron chi connectivity index (χ4n) is 3.56. The lowest BCUT2D eigenvalue weighted by Gasteiger charge is -2.28. The van der Waals surface area contributed by atoms with Gasteiger partial charge >= 0.3 is 0 Å². The van der Waals surface area contributed by atoms with Crippen LogP contribution in [-0.2, 0) is 16.1 Å². The van der Waals surface area contributed by atoms with Gasteiger partial charge in [-0.05, 0) is 44.6 Å². The smallest absolute Gasteiger partial charge is 0.235 e. The zero-order chi connectivity index (χ0) is 18.6. The number of carbonyl (C=O) groups excluding carboxylic acids is 1. The summed E-state index contributed by atoms with van der Waals surface area (Å²) in [7, 11) is 0. The third-order valence-corrected chi connectivity index (χ3v) is 5.26. The predicted molar refractivity (Wildman–Crippen MR) is 97.2 cm³/mol. The molecule has 1 saturated carbocycles. The first-order chi connectivity index (χ1) is 12.5. The lowest BCUT2D eigenvalue weighted by atomic mass is 9.98. The molecule has 2 fully saturated rings. The van der Waals surface area contributed by atoms with Crippen molar-refractivity contribution >= 4 is 5.91 Å². The molecule has 1 heterocycles. The van der Waals surface area contributed by atoms with Crippen molar-refractivity contribution in [1.82, 2.24) is 10.2 Å². The van der Waals surface area contributed by atoms with Gasteiger partial charge in [-0.2, -0.15) is 5.26 Å². The topological polar surface area (TPSA) is 85.6 Å². The average molecular weight is 357 g/mol. The number of hydrogen-bond donors (Lipinski definition) is 2. The number of rotatable bonds is 8. The van der Waals surface area contributed by atoms with Crippen LogP contribution in [0.4, 0.5) is 0 Å². The minimum atomic E-state index is -0.790. The van der Waals surface area contributed by atoms with E-state index >= 15 is 0 Å². The molecule has 1 aromatic rings. The van der Waals surface area contributed by atoms with Crippen LogP contribution in [0.25, 0.3) is 0 Å². The maximum Gasteiger partial charge on any atom is 0.235 e. The number of nitrogens with one attached hydrogen (secondary N) is 1. The second-order valence-electron chi connectivity index (χ2n) is 7.57. The summed E-state index contributed by atoms with van der Waals surface area (Å²) < 4.78 is 5.72. The van der Waals surface area contributed by atoms with Crippen molar-refractivity contribution in [2.75, 3.05) is 19.7 Å².